The molecule has 0 N–H and O–H groups in total. The largest absolute Gasteiger partial charge is 0.455 e. The molecule has 0 spiro atoms. The highest BCUT2D eigenvalue weighted by atomic mass is 32.1. The Morgan fingerprint density at radius 2 is 1.19 bits per heavy atom. The maximum atomic E-state index is 6.82. The van der Waals surface area contributed by atoms with E-state index in [2.05, 4.69) is 162 Å². The molecule has 0 aliphatic heterocycles. The van der Waals surface area contributed by atoms with Crippen LogP contribution < -0.4 is 0 Å². The Hall–Kier alpha value is -6.82. The van der Waals surface area contributed by atoms with Crippen molar-refractivity contribution in [1.82, 2.24) is 14.5 Å². The molecule has 0 saturated carbocycles. The minimum absolute atomic E-state index is 0.643. The lowest BCUT2D eigenvalue weighted by Gasteiger charge is -2.14. The molecule has 0 saturated heterocycles. The summed E-state index contributed by atoms with van der Waals surface area (Å²) in [6.07, 6.45) is 0. The van der Waals surface area contributed by atoms with Crippen LogP contribution in [0, 0.1) is 0 Å². The molecule has 8 aromatic carbocycles. The third-order valence-electron chi connectivity index (χ3n) is 10.8. The highest BCUT2D eigenvalue weighted by molar-refractivity contribution is 7.26. The molecule has 4 heterocycles. The fourth-order valence-corrected chi connectivity index (χ4v) is 9.64. The summed E-state index contributed by atoms with van der Waals surface area (Å²) < 4.78 is 11.4. The van der Waals surface area contributed by atoms with Crippen LogP contribution in [0.4, 0.5) is 0 Å². The van der Waals surface area contributed by atoms with Crippen LogP contribution >= 0.6 is 11.3 Å². The molecule has 0 aliphatic rings. The van der Waals surface area contributed by atoms with Crippen LogP contribution in [0.5, 0.6) is 0 Å². The quantitative estimate of drug-likeness (QED) is 0.185. The number of benzene rings is 8. The molecule has 5 heteroatoms. The van der Waals surface area contributed by atoms with Gasteiger partial charge in [0, 0.05) is 53.7 Å². The summed E-state index contributed by atoms with van der Waals surface area (Å²) in [5.74, 6) is 0.643. The SMILES string of the molecule is c1ccc(-c2nc(-n3c4c(-c5c6ccccc6cc6c5oc5ccccc56)cccc4c4ccc5ccccc5c43)nc3c2sc2ccccc23)cc1. The van der Waals surface area contributed by atoms with Crippen LogP contribution in [0.25, 0.3) is 114 Å². The van der Waals surface area contributed by atoms with E-state index >= 15 is 0 Å². The van der Waals surface area contributed by atoms with Crippen LogP contribution in [0.15, 0.2) is 168 Å². The van der Waals surface area contributed by atoms with E-state index in [-0.39, 0.29) is 0 Å². The number of rotatable bonds is 3. The van der Waals surface area contributed by atoms with E-state index in [0.717, 1.165) is 92.5 Å². The first kappa shape index (κ1) is 28.8. The van der Waals surface area contributed by atoms with Gasteiger partial charge in [-0.15, -0.1) is 11.3 Å². The molecule has 53 heavy (non-hydrogen) atoms. The highest BCUT2D eigenvalue weighted by Crippen LogP contribution is 2.47. The molecular formula is C48H27N3OS. The van der Waals surface area contributed by atoms with Gasteiger partial charge in [-0.05, 0) is 34.4 Å². The molecule has 4 nitrogen and oxygen atoms in total. The average Bonchev–Trinajstić information content (AvgIpc) is 3.90. The van der Waals surface area contributed by atoms with Crippen molar-refractivity contribution >= 4 is 96.9 Å². The fourth-order valence-electron chi connectivity index (χ4n) is 8.49. The minimum Gasteiger partial charge on any atom is -0.455 e. The van der Waals surface area contributed by atoms with Gasteiger partial charge in [0.25, 0.3) is 0 Å². The number of thiophene rings is 1. The van der Waals surface area contributed by atoms with Crippen molar-refractivity contribution in [2.24, 2.45) is 0 Å². The van der Waals surface area contributed by atoms with E-state index < -0.39 is 0 Å². The first-order chi connectivity index (χ1) is 26.3. The van der Waals surface area contributed by atoms with Gasteiger partial charge in [-0.3, -0.25) is 4.57 Å². The van der Waals surface area contributed by atoms with E-state index in [0.29, 0.717) is 5.95 Å². The van der Waals surface area contributed by atoms with Gasteiger partial charge in [-0.2, -0.15) is 0 Å². The second-order valence-electron chi connectivity index (χ2n) is 13.7. The van der Waals surface area contributed by atoms with Crippen LogP contribution in [-0.2, 0) is 0 Å². The molecule has 0 radical (unpaired) electrons. The van der Waals surface area contributed by atoms with Crippen molar-refractivity contribution in [2.45, 2.75) is 0 Å². The van der Waals surface area contributed by atoms with Gasteiger partial charge in [0.05, 0.1) is 26.9 Å². The van der Waals surface area contributed by atoms with Crippen molar-refractivity contribution in [3.63, 3.8) is 0 Å². The summed E-state index contributed by atoms with van der Waals surface area (Å²) in [4.78, 5) is 11.1. The summed E-state index contributed by atoms with van der Waals surface area (Å²) in [5, 5.41) is 10.3. The van der Waals surface area contributed by atoms with E-state index in [4.69, 9.17) is 14.4 Å². The van der Waals surface area contributed by atoms with Gasteiger partial charge >= 0.3 is 0 Å². The molecule has 4 aromatic heterocycles. The second-order valence-corrected chi connectivity index (χ2v) is 14.7. The van der Waals surface area contributed by atoms with Gasteiger partial charge < -0.3 is 4.42 Å². The average molecular weight is 694 g/mol. The topological polar surface area (TPSA) is 43.9 Å². The highest BCUT2D eigenvalue weighted by Gasteiger charge is 2.25. The normalized spacial score (nSPS) is 12.2. The summed E-state index contributed by atoms with van der Waals surface area (Å²) in [5.41, 5.74) is 9.00. The number of furan rings is 1. The monoisotopic (exact) mass is 693 g/mol. The zero-order chi connectivity index (χ0) is 34.6. The van der Waals surface area contributed by atoms with Crippen molar-refractivity contribution in [3.8, 4) is 28.3 Å². The summed E-state index contributed by atoms with van der Waals surface area (Å²) in [6, 6.07) is 58.1. The molecule has 0 bridgehead atoms. The van der Waals surface area contributed by atoms with Crippen LogP contribution in [0.2, 0.25) is 0 Å². The Bertz CT molecular complexity index is 3460. The summed E-state index contributed by atoms with van der Waals surface area (Å²) >= 11 is 1.76. The Labute approximate surface area is 306 Å². The third-order valence-corrected chi connectivity index (χ3v) is 12.0. The summed E-state index contributed by atoms with van der Waals surface area (Å²) in [6.45, 7) is 0. The molecule has 12 rings (SSSR count). The molecule has 12 aromatic rings. The number of hydrogen-bond donors (Lipinski definition) is 0. The van der Waals surface area contributed by atoms with Crippen molar-refractivity contribution in [3.05, 3.63) is 164 Å². The molecule has 0 fully saturated rings. The van der Waals surface area contributed by atoms with E-state index in [9.17, 15) is 0 Å². The van der Waals surface area contributed by atoms with E-state index in [1.165, 1.54) is 15.5 Å². The van der Waals surface area contributed by atoms with Crippen molar-refractivity contribution in [2.75, 3.05) is 0 Å². The van der Waals surface area contributed by atoms with Gasteiger partial charge in [0.2, 0.25) is 5.95 Å². The molecule has 0 aliphatic carbocycles. The van der Waals surface area contributed by atoms with Gasteiger partial charge in [-0.1, -0.05) is 146 Å². The van der Waals surface area contributed by atoms with Crippen LogP contribution in [-0.4, -0.2) is 14.5 Å². The smallest absolute Gasteiger partial charge is 0.235 e. The minimum atomic E-state index is 0.643. The lowest BCUT2D eigenvalue weighted by atomic mass is 9.93. The maximum Gasteiger partial charge on any atom is 0.235 e. The van der Waals surface area contributed by atoms with Gasteiger partial charge in [-0.25, -0.2) is 9.97 Å². The number of fused-ring (bicyclic) bond motifs is 12. The lowest BCUT2D eigenvalue weighted by molar-refractivity contribution is 0.670. The fraction of sp³-hybridized carbons (Fsp3) is 0. The third kappa shape index (κ3) is 4.05. The standard InChI is InChI=1S/C48H27N3OS/c1-2-14-29(15-3-1)42-47-43(36-20-9-11-24-40(36)53-47)50-48(49-42)51-44-32-18-7-4-13-28(32)25-26-35(44)34-21-12-22-37(45(34)51)41-31-17-6-5-16-30(31)27-38-33-19-8-10-23-39(33)52-46(38)41/h1-27H. The van der Waals surface area contributed by atoms with Gasteiger partial charge in [0.15, 0.2) is 0 Å². The first-order valence-corrected chi connectivity index (χ1v) is 18.7. The molecule has 0 atom stereocenters. The maximum absolute atomic E-state index is 6.82. The molecule has 0 amide bonds. The summed E-state index contributed by atoms with van der Waals surface area (Å²) in [7, 11) is 0. The van der Waals surface area contributed by atoms with E-state index in [1.54, 1.807) is 11.3 Å². The second kappa shape index (κ2) is 10.8. The van der Waals surface area contributed by atoms with Crippen molar-refractivity contribution < 1.29 is 4.42 Å². The van der Waals surface area contributed by atoms with Crippen LogP contribution in [0.1, 0.15) is 0 Å². The van der Waals surface area contributed by atoms with Crippen molar-refractivity contribution in [1.29, 1.82) is 0 Å². The Morgan fingerprint density at radius 1 is 0.491 bits per heavy atom. The number of hydrogen-bond acceptors (Lipinski definition) is 4. The Morgan fingerprint density at radius 3 is 2.08 bits per heavy atom. The molecule has 0 unspecified atom stereocenters. The molecule has 246 valence electrons. The number of aromatic nitrogens is 3. The Balaban J connectivity index is 1.31. The van der Waals surface area contributed by atoms with Crippen LogP contribution in [0.3, 0.4) is 0 Å². The number of para-hydroxylation sites is 2. The lowest BCUT2D eigenvalue weighted by Crippen LogP contribution is -2.04. The Kier molecular flexibility index (Phi) is 5.90. The first-order valence-electron chi connectivity index (χ1n) is 17.8. The van der Waals surface area contributed by atoms with E-state index in [1.807, 2.05) is 6.07 Å². The zero-order valence-electron chi connectivity index (χ0n) is 28.2. The van der Waals surface area contributed by atoms with Gasteiger partial charge in [0.1, 0.15) is 11.2 Å². The molecular weight excluding hydrogens is 667 g/mol. The zero-order valence-corrected chi connectivity index (χ0v) is 29.1. The predicted octanol–water partition coefficient (Wildman–Crippen LogP) is 13.5. The predicted molar refractivity (Wildman–Crippen MR) is 222 cm³/mol. The number of nitrogens with zero attached hydrogens (tertiary/aromatic N) is 3.